The van der Waals surface area contributed by atoms with Gasteiger partial charge in [0.1, 0.15) is 5.60 Å². The molecule has 1 fully saturated rings. The first-order chi connectivity index (χ1) is 16.9. The molecule has 0 spiro atoms. The summed E-state index contributed by atoms with van der Waals surface area (Å²) in [7, 11) is 0. The van der Waals surface area contributed by atoms with Crippen molar-refractivity contribution in [3.8, 4) is 0 Å². The third-order valence-corrected chi connectivity index (χ3v) is 7.87. The van der Waals surface area contributed by atoms with Crippen molar-refractivity contribution >= 4 is 0 Å². The molecule has 0 amide bonds. The molecule has 0 radical (unpaired) electrons. The minimum atomic E-state index is -0.919. The van der Waals surface area contributed by atoms with Gasteiger partial charge in [0.15, 0.2) is 0 Å². The predicted octanol–water partition coefficient (Wildman–Crippen LogP) is 7.35. The Morgan fingerprint density at radius 3 is 1.74 bits per heavy atom. The standard InChI is InChI=1S/C33H43NO/c1-32(2,3)28-20-18-27(19-21-28)13-7-6-12-24-34-25-22-31(23-26-34)33(35,29-14-8-4-9-15-29)30-16-10-5-11-17-30/h4-5,8-11,14-21,31,35H,6-7,12-13,22-26H2,1-3H3. The molecule has 0 atom stereocenters. The zero-order valence-corrected chi connectivity index (χ0v) is 21.9. The molecule has 2 nitrogen and oxygen atoms in total. The molecule has 1 heterocycles. The summed E-state index contributed by atoms with van der Waals surface area (Å²) in [5.41, 5.74) is 4.21. The second kappa shape index (κ2) is 11.5. The van der Waals surface area contributed by atoms with Crippen LogP contribution in [0, 0.1) is 5.92 Å². The van der Waals surface area contributed by atoms with E-state index in [0.717, 1.165) is 37.1 Å². The smallest absolute Gasteiger partial charge is 0.117 e. The number of hydrogen-bond donors (Lipinski definition) is 1. The lowest BCUT2D eigenvalue weighted by atomic mass is 9.72. The fourth-order valence-electron chi connectivity index (χ4n) is 5.61. The van der Waals surface area contributed by atoms with Gasteiger partial charge in [-0.1, -0.05) is 112 Å². The molecule has 0 unspecified atom stereocenters. The Morgan fingerprint density at radius 1 is 0.686 bits per heavy atom. The van der Waals surface area contributed by atoms with Gasteiger partial charge in [-0.25, -0.2) is 0 Å². The van der Waals surface area contributed by atoms with Gasteiger partial charge in [0.2, 0.25) is 0 Å². The summed E-state index contributed by atoms with van der Waals surface area (Å²) < 4.78 is 0. The number of benzene rings is 3. The van der Waals surface area contributed by atoms with E-state index in [9.17, 15) is 5.11 Å². The molecule has 0 aliphatic carbocycles. The zero-order valence-electron chi connectivity index (χ0n) is 21.9. The molecule has 0 bridgehead atoms. The quantitative estimate of drug-likeness (QED) is 0.331. The first-order valence-corrected chi connectivity index (χ1v) is 13.5. The van der Waals surface area contributed by atoms with Crippen LogP contribution in [0.1, 0.15) is 75.1 Å². The van der Waals surface area contributed by atoms with Crippen molar-refractivity contribution in [1.29, 1.82) is 0 Å². The normalized spacial score (nSPS) is 15.9. The van der Waals surface area contributed by atoms with Crippen LogP contribution in [-0.4, -0.2) is 29.6 Å². The lowest BCUT2D eigenvalue weighted by Gasteiger charge is -2.42. The third-order valence-electron chi connectivity index (χ3n) is 7.87. The molecule has 1 saturated heterocycles. The van der Waals surface area contributed by atoms with Gasteiger partial charge in [-0.15, -0.1) is 0 Å². The van der Waals surface area contributed by atoms with E-state index in [2.05, 4.69) is 74.2 Å². The van der Waals surface area contributed by atoms with Gasteiger partial charge in [-0.3, -0.25) is 0 Å². The van der Waals surface area contributed by atoms with Crippen LogP contribution in [0.4, 0.5) is 0 Å². The Balaban J connectivity index is 1.25. The number of likely N-dealkylation sites (tertiary alicyclic amines) is 1. The number of rotatable bonds is 9. The molecule has 4 rings (SSSR count). The number of aliphatic hydroxyl groups is 1. The number of nitrogens with zero attached hydrogens (tertiary/aromatic N) is 1. The summed E-state index contributed by atoms with van der Waals surface area (Å²) in [6.07, 6.45) is 7.02. The highest BCUT2D eigenvalue weighted by Gasteiger charge is 2.41. The van der Waals surface area contributed by atoms with E-state index in [4.69, 9.17) is 0 Å². The number of aryl methyl sites for hydroxylation is 1. The maximum absolute atomic E-state index is 12.1. The SMILES string of the molecule is CC(C)(C)c1ccc(CCCCCN2CCC(C(O)(c3ccccc3)c3ccccc3)CC2)cc1. The molecule has 3 aromatic rings. The van der Waals surface area contributed by atoms with Crippen LogP contribution in [0.25, 0.3) is 0 Å². The Kier molecular flexibility index (Phi) is 8.46. The van der Waals surface area contributed by atoms with Crippen LogP contribution in [0.5, 0.6) is 0 Å². The van der Waals surface area contributed by atoms with Crippen LogP contribution >= 0.6 is 0 Å². The van der Waals surface area contributed by atoms with Crippen molar-refractivity contribution in [2.45, 2.75) is 70.3 Å². The largest absolute Gasteiger partial charge is 0.380 e. The van der Waals surface area contributed by atoms with Crippen LogP contribution < -0.4 is 0 Å². The minimum Gasteiger partial charge on any atom is -0.380 e. The number of hydrogen-bond acceptors (Lipinski definition) is 2. The first kappa shape index (κ1) is 25.7. The van der Waals surface area contributed by atoms with E-state index < -0.39 is 5.60 Å². The monoisotopic (exact) mass is 469 g/mol. The number of unbranched alkanes of at least 4 members (excludes halogenated alkanes) is 2. The van der Waals surface area contributed by atoms with E-state index in [1.807, 2.05) is 36.4 Å². The van der Waals surface area contributed by atoms with Gasteiger partial charge >= 0.3 is 0 Å². The Hall–Kier alpha value is -2.42. The van der Waals surface area contributed by atoms with Gasteiger partial charge in [0, 0.05) is 0 Å². The van der Waals surface area contributed by atoms with Crippen molar-refractivity contribution in [2.75, 3.05) is 19.6 Å². The van der Waals surface area contributed by atoms with E-state index in [1.165, 1.54) is 43.4 Å². The van der Waals surface area contributed by atoms with Crippen molar-refractivity contribution < 1.29 is 5.11 Å². The van der Waals surface area contributed by atoms with Gasteiger partial charge < -0.3 is 10.0 Å². The maximum atomic E-state index is 12.1. The summed E-state index contributed by atoms with van der Waals surface area (Å²) in [6.45, 7) is 10.1. The average molecular weight is 470 g/mol. The topological polar surface area (TPSA) is 23.5 Å². The Morgan fingerprint density at radius 2 is 1.23 bits per heavy atom. The second-order valence-corrected chi connectivity index (χ2v) is 11.4. The van der Waals surface area contributed by atoms with Gasteiger partial charge in [-0.05, 0) is 85.3 Å². The highest BCUT2D eigenvalue weighted by molar-refractivity contribution is 5.37. The average Bonchev–Trinajstić information content (AvgIpc) is 2.89. The van der Waals surface area contributed by atoms with Crippen molar-refractivity contribution in [3.05, 3.63) is 107 Å². The molecule has 186 valence electrons. The van der Waals surface area contributed by atoms with Crippen LogP contribution in [-0.2, 0) is 17.4 Å². The van der Waals surface area contributed by atoms with E-state index in [-0.39, 0.29) is 11.3 Å². The summed E-state index contributed by atoms with van der Waals surface area (Å²) >= 11 is 0. The van der Waals surface area contributed by atoms with Gasteiger partial charge in [0.25, 0.3) is 0 Å². The predicted molar refractivity (Wildman–Crippen MR) is 148 cm³/mol. The molecule has 35 heavy (non-hydrogen) atoms. The minimum absolute atomic E-state index is 0.226. The summed E-state index contributed by atoms with van der Waals surface area (Å²) in [6, 6.07) is 29.7. The third kappa shape index (κ3) is 6.42. The fraction of sp³-hybridized carbons (Fsp3) is 0.455. The van der Waals surface area contributed by atoms with E-state index in [1.54, 1.807) is 0 Å². The molecular formula is C33H43NO. The molecular weight excluding hydrogens is 426 g/mol. The molecule has 1 N–H and O–H groups in total. The summed E-state index contributed by atoms with van der Waals surface area (Å²) in [5, 5.41) is 12.1. The molecule has 3 aromatic carbocycles. The second-order valence-electron chi connectivity index (χ2n) is 11.4. The van der Waals surface area contributed by atoms with Gasteiger partial charge in [0.05, 0.1) is 0 Å². The van der Waals surface area contributed by atoms with Crippen molar-refractivity contribution in [1.82, 2.24) is 4.90 Å². The molecule has 0 aromatic heterocycles. The highest BCUT2D eigenvalue weighted by Crippen LogP contribution is 2.41. The maximum Gasteiger partial charge on any atom is 0.117 e. The number of piperidine rings is 1. The Labute approximate surface area is 213 Å². The highest BCUT2D eigenvalue weighted by atomic mass is 16.3. The zero-order chi connectivity index (χ0) is 24.7. The van der Waals surface area contributed by atoms with Crippen LogP contribution in [0.3, 0.4) is 0 Å². The lowest BCUT2D eigenvalue weighted by Crippen LogP contribution is -2.44. The van der Waals surface area contributed by atoms with Crippen LogP contribution in [0.2, 0.25) is 0 Å². The molecule has 1 aliphatic heterocycles. The molecule has 2 heteroatoms. The molecule has 1 aliphatic rings. The molecule has 0 saturated carbocycles. The van der Waals surface area contributed by atoms with Crippen molar-refractivity contribution in [3.63, 3.8) is 0 Å². The van der Waals surface area contributed by atoms with Crippen molar-refractivity contribution in [2.24, 2.45) is 5.92 Å². The lowest BCUT2D eigenvalue weighted by molar-refractivity contribution is -0.0143. The van der Waals surface area contributed by atoms with Crippen LogP contribution in [0.15, 0.2) is 84.9 Å². The Bertz CT molecular complexity index is 973. The summed E-state index contributed by atoms with van der Waals surface area (Å²) in [4.78, 5) is 2.60. The fourth-order valence-corrected chi connectivity index (χ4v) is 5.61. The van der Waals surface area contributed by atoms with Gasteiger partial charge in [-0.2, -0.15) is 0 Å². The van der Waals surface area contributed by atoms with E-state index >= 15 is 0 Å². The first-order valence-electron chi connectivity index (χ1n) is 13.5. The summed E-state index contributed by atoms with van der Waals surface area (Å²) in [5.74, 6) is 0.236. The van der Waals surface area contributed by atoms with E-state index in [0.29, 0.717) is 0 Å².